The summed E-state index contributed by atoms with van der Waals surface area (Å²) in [4.78, 5) is 0. The van der Waals surface area contributed by atoms with Crippen molar-refractivity contribution in [3.05, 3.63) is 23.8 Å². The van der Waals surface area contributed by atoms with Crippen molar-refractivity contribution >= 4 is 0 Å². The minimum absolute atomic E-state index is 0.520. The van der Waals surface area contributed by atoms with E-state index in [4.69, 9.17) is 5.73 Å². The molecule has 2 N–H and O–H groups in total. The number of hydrogen-bond acceptors (Lipinski definition) is 1. The molecule has 1 unspecified atom stereocenters. The van der Waals surface area contributed by atoms with Crippen LogP contribution in [0.2, 0.25) is 0 Å². The zero-order chi connectivity index (χ0) is 7.40. The van der Waals surface area contributed by atoms with Crippen molar-refractivity contribution in [1.29, 1.82) is 0 Å². The van der Waals surface area contributed by atoms with E-state index in [0.29, 0.717) is 13.0 Å². The SMILES string of the molecule is NCCC1=CCC(F)C=C1. The van der Waals surface area contributed by atoms with Crippen LogP contribution in [-0.4, -0.2) is 12.7 Å². The lowest BCUT2D eigenvalue weighted by Crippen LogP contribution is -2.03. The average molecular weight is 141 g/mol. The standard InChI is InChI=1S/C8H12FN/c9-8-3-1-7(2-4-8)5-6-10/h1-3,8H,4-6,10H2. The predicted octanol–water partition coefficient (Wildman–Crippen LogP) is 1.56. The van der Waals surface area contributed by atoms with Gasteiger partial charge in [-0.05, 0) is 13.0 Å². The Balaban J connectivity index is 2.42. The molecule has 0 aliphatic heterocycles. The van der Waals surface area contributed by atoms with E-state index in [0.717, 1.165) is 12.0 Å². The fourth-order valence-corrected chi connectivity index (χ4v) is 0.991. The Kier molecular flexibility index (Phi) is 2.63. The third-order valence-corrected chi connectivity index (χ3v) is 1.56. The molecule has 0 aromatic rings. The molecule has 0 spiro atoms. The first-order valence-electron chi connectivity index (χ1n) is 3.54. The van der Waals surface area contributed by atoms with Gasteiger partial charge in [0.15, 0.2) is 0 Å². The molecule has 2 heteroatoms. The Hall–Kier alpha value is -0.630. The van der Waals surface area contributed by atoms with Crippen LogP contribution in [0.1, 0.15) is 12.8 Å². The van der Waals surface area contributed by atoms with Gasteiger partial charge < -0.3 is 5.73 Å². The van der Waals surface area contributed by atoms with Gasteiger partial charge in [-0.1, -0.05) is 23.8 Å². The highest BCUT2D eigenvalue weighted by Gasteiger charge is 2.04. The summed E-state index contributed by atoms with van der Waals surface area (Å²) in [6.07, 6.45) is 5.93. The Bertz CT molecular complexity index is 161. The largest absolute Gasteiger partial charge is 0.330 e. The van der Waals surface area contributed by atoms with E-state index in [1.165, 1.54) is 0 Å². The summed E-state index contributed by atoms with van der Waals surface area (Å²) >= 11 is 0. The summed E-state index contributed by atoms with van der Waals surface area (Å²) in [6.45, 7) is 0.646. The molecule has 1 atom stereocenters. The quantitative estimate of drug-likeness (QED) is 0.620. The third-order valence-electron chi connectivity index (χ3n) is 1.56. The van der Waals surface area contributed by atoms with Crippen molar-refractivity contribution in [3.63, 3.8) is 0 Å². The molecule has 0 amide bonds. The van der Waals surface area contributed by atoms with Crippen LogP contribution >= 0.6 is 0 Å². The molecule has 0 fully saturated rings. The summed E-state index contributed by atoms with van der Waals surface area (Å²) in [7, 11) is 0. The Morgan fingerprint density at radius 2 is 2.50 bits per heavy atom. The normalized spacial score (nSPS) is 24.6. The molecule has 1 rings (SSSR count). The minimum atomic E-state index is -0.776. The van der Waals surface area contributed by atoms with Gasteiger partial charge in [0.2, 0.25) is 0 Å². The molecule has 0 saturated heterocycles. The van der Waals surface area contributed by atoms with E-state index in [2.05, 4.69) is 0 Å². The van der Waals surface area contributed by atoms with Gasteiger partial charge in [-0.15, -0.1) is 0 Å². The number of rotatable bonds is 2. The number of allylic oxidation sites excluding steroid dienone is 3. The molecular formula is C8H12FN. The van der Waals surface area contributed by atoms with E-state index < -0.39 is 6.17 Å². The molecule has 0 aromatic carbocycles. The van der Waals surface area contributed by atoms with Crippen molar-refractivity contribution in [3.8, 4) is 0 Å². The van der Waals surface area contributed by atoms with Crippen LogP contribution in [0.15, 0.2) is 23.8 Å². The Labute approximate surface area is 60.4 Å². The van der Waals surface area contributed by atoms with E-state index in [-0.39, 0.29) is 0 Å². The van der Waals surface area contributed by atoms with Crippen molar-refractivity contribution < 1.29 is 4.39 Å². The van der Waals surface area contributed by atoms with Crippen molar-refractivity contribution in [1.82, 2.24) is 0 Å². The lowest BCUT2D eigenvalue weighted by atomic mass is 10.0. The van der Waals surface area contributed by atoms with Crippen LogP contribution < -0.4 is 5.73 Å². The second-order valence-electron chi connectivity index (χ2n) is 2.43. The number of halogens is 1. The van der Waals surface area contributed by atoms with Crippen LogP contribution in [0.5, 0.6) is 0 Å². The molecule has 0 radical (unpaired) electrons. The van der Waals surface area contributed by atoms with E-state index in [9.17, 15) is 4.39 Å². The molecule has 1 aliphatic rings. The molecule has 0 bridgehead atoms. The smallest absolute Gasteiger partial charge is 0.122 e. The first kappa shape index (κ1) is 7.48. The van der Waals surface area contributed by atoms with Gasteiger partial charge in [-0.3, -0.25) is 0 Å². The molecule has 1 aliphatic carbocycles. The van der Waals surface area contributed by atoms with Crippen LogP contribution in [0.4, 0.5) is 4.39 Å². The first-order chi connectivity index (χ1) is 4.83. The summed E-state index contributed by atoms with van der Waals surface area (Å²) < 4.78 is 12.4. The van der Waals surface area contributed by atoms with Gasteiger partial charge in [0.05, 0.1) is 0 Å². The lowest BCUT2D eigenvalue weighted by molar-refractivity contribution is 0.400. The van der Waals surface area contributed by atoms with Gasteiger partial charge in [0.1, 0.15) is 6.17 Å². The van der Waals surface area contributed by atoms with Crippen LogP contribution in [0.25, 0.3) is 0 Å². The monoisotopic (exact) mass is 141 g/mol. The van der Waals surface area contributed by atoms with Gasteiger partial charge in [0, 0.05) is 6.42 Å². The molecule has 0 heterocycles. The molecular weight excluding hydrogens is 129 g/mol. The zero-order valence-electron chi connectivity index (χ0n) is 5.89. The second-order valence-corrected chi connectivity index (χ2v) is 2.43. The van der Waals surface area contributed by atoms with E-state index in [1.807, 2.05) is 12.2 Å². The fraction of sp³-hybridized carbons (Fsp3) is 0.500. The van der Waals surface area contributed by atoms with Crippen LogP contribution in [0.3, 0.4) is 0 Å². The van der Waals surface area contributed by atoms with Crippen LogP contribution in [-0.2, 0) is 0 Å². The van der Waals surface area contributed by atoms with Gasteiger partial charge >= 0.3 is 0 Å². The van der Waals surface area contributed by atoms with Gasteiger partial charge in [0.25, 0.3) is 0 Å². The topological polar surface area (TPSA) is 26.0 Å². The summed E-state index contributed by atoms with van der Waals surface area (Å²) in [5.74, 6) is 0. The van der Waals surface area contributed by atoms with Gasteiger partial charge in [-0.2, -0.15) is 0 Å². The maximum Gasteiger partial charge on any atom is 0.122 e. The minimum Gasteiger partial charge on any atom is -0.330 e. The number of alkyl halides is 1. The Morgan fingerprint density at radius 1 is 1.70 bits per heavy atom. The van der Waals surface area contributed by atoms with E-state index in [1.54, 1.807) is 6.08 Å². The maximum absolute atomic E-state index is 12.4. The highest BCUT2D eigenvalue weighted by Crippen LogP contribution is 2.14. The number of nitrogens with two attached hydrogens (primary N) is 1. The summed E-state index contributed by atoms with van der Waals surface area (Å²) in [6, 6.07) is 0. The van der Waals surface area contributed by atoms with Crippen molar-refractivity contribution in [2.45, 2.75) is 19.0 Å². The van der Waals surface area contributed by atoms with Gasteiger partial charge in [-0.25, -0.2) is 4.39 Å². The predicted molar refractivity (Wildman–Crippen MR) is 40.4 cm³/mol. The highest BCUT2D eigenvalue weighted by molar-refractivity contribution is 5.24. The first-order valence-corrected chi connectivity index (χ1v) is 3.54. The highest BCUT2D eigenvalue weighted by atomic mass is 19.1. The molecule has 1 nitrogen and oxygen atoms in total. The molecule has 10 heavy (non-hydrogen) atoms. The summed E-state index contributed by atoms with van der Waals surface area (Å²) in [5.41, 5.74) is 6.49. The average Bonchev–Trinajstić information content (AvgIpc) is 1.95. The van der Waals surface area contributed by atoms with E-state index >= 15 is 0 Å². The lowest BCUT2D eigenvalue weighted by Gasteiger charge is -2.07. The third kappa shape index (κ3) is 1.95. The molecule has 0 aromatic heterocycles. The zero-order valence-corrected chi connectivity index (χ0v) is 5.89. The maximum atomic E-state index is 12.4. The van der Waals surface area contributed by atoms with Crippen molar-refractivity contribution in [2.24, 2.45) is 5.73 Å². The molecule has 56 valence electrons. The fourth-order valence-electron chi connectivity index (χ4n) is 0.991. The number of hydrogen-bond donors (Lipinski definition) is 1. The summed E-state index contributed by atoms with van der Waals surface area (Å²) in [5, 5.41) is 0. The Morgan fingerprint density at radius 3 is 3.00 bits per heavy atom. The molecule has 0 saturated carbocycles. The second kappa shape index (κ2) is 3.52. The van der Waals surface area contributed by atoms with Crippen LogP contribution in [0, 0.1) is 0 Å². The van der Waals surface area contributed by atoms with Crippen molar-refractivity contribution in [2.75, 3.05) is 6.54 Å².